The van der Waals surface area contributed by atoms with Crippen molar-refractivity contribution in [3.05, 3.63) is 0 Å². The summed E-state index contributed by atoms with van der Waals surface area (Å²) in [5.41, 5.74) is 0. The van der Waals surface area contributed by atoms with Crippen molar-refractivity contribution in [3.8, 4) is 0 Å². The molecule has 1 heterocycles. The Hall–Kier alpha value is -0.370. The standard InChI is InChI=1S/C14H25NO/c1-11-7-6-10-15(12(11)2)13-8-4-3-5-9-14(13)16/h11-13H,3-10H2,1-2H3. The Kier molecular flexibility index (Phi) is 4.01. The molecule has 0 N–H and O–H groups in total. The number of piperidine rings is 1. The predicted octanol–water partition coefficient (Wildman–Crippen LogP) is 3.01. The summed E-state index contributed by atoms with van der Waals surface area (Å²) >= 11 is 0. The third-order valence-corrected chi connectivity index (χ3v) is 4.60. The first-order valence-corrected chi connectivity index (χ1v) is 6.98. The van der Waals surface area contributed by atoms with Gasteiger partial charge in [0.1, 0.15) is 5.78 Å². The van der Waals surface area contributed by atoms with E-state index in [4.69, 9.17) is 0 Å². The van der Waals surface area contributed by atoms with Crippen molar-refractivity contribution in [2.45, 2.75) is 70.9 Å². The van der Waals surface area contributed by atoms with Crippen LogP contribution in [-0.2, 0) is 4.79 Å². The number of carbonyl (C=O) groups is 1. The van der Waals surface area contributed by atoms with Crippen LogP contribution in [0, 0.1) is 5.92 Å². The van der Waals surface area contributed by atoms with Crippen molar-refractivity contribution in [3.63, 3.8) is 0 Å². The lowest BCUT2D eigenvalue weighted by Crippen LogP contribution is -2.51. The number of rotatable bonds is 1. The van der Waals surface area contributed by atoms with Crippen LogP contribution >= 0.6 is 0 Å². The highest BCUT2D eigenvalue weighted by Crippen LogP contribution is 2.28. The Morgan fingerprint density at radius 3 is 2.69 bits per heavy atom. The van der Waals surface area contributed by atoms with Gasteiger partial charge < -0.3 is 0 Å². The highest BCUT2D eigenvalue weighted by molar-refractivity contribution is 5.84. The molecule has 16 heavy (non-hydrogen) atoms. The van der Waals surface area contributed by atoms with Gasteiger partial charge in [0.15, 0.2) is 0 Å². The number of ketones is 1. The average Bonchev–Trinajstić information content (AvgIpc) is 2.47. The Balaban J connectivity index is 2.05. The van der Waals surface area contributed by atoms with E-state index in [1.54, 1.807) is 0 Å². The molecule has 1 aliphatic heterocycles. The van der Waals surface area contributed by atoms with Gasteiger partial charge in [0.2, 0.25) is 0 Å². The Bertz CT molecular complexity index is 251. The zero-order chi connectivity index (χ0) is 11.5. The van der Waals surface area contributed by atoms with Gasteiger partial charge in [-0.25, -0.2) is 0 Å². The monoisotopic (exact) mass is 223 g/mol. The fourth-order valence-corrected chi connectivity index (χ4v) is 3.30. The smallest absolute Gasteiger partial charge is 0.149 e. The average molecular weight is 223 g/mol. The Labute approximate surface area is 99.4 Å². The van der Waals surface area contributed by atoms with E-state index >= 15 is 0 Å². The maximum Gasteiger partial charge on any atom is 0.149 e. The van der Waals surface area contributed by atoms with Crippen LogP contribution in [0.15, 0.2) is 0 Å². The summed E-state index contributed by atoms with van der Waals surface area (Å²) in [6.45, 7) is 5.78. The van der Waals surface area contributed by atoms with E-state index in [-0.39, 0.29) is 6.04 Å². The molecule has 0 aromatic carbocycles. The number of hydrogen-bond donors (Lipinski definition) is 0. The summed E-state index contributed by atoms with van der Waals surface area (Å²) in [6.07, 6.45) is 8.15. The molecule has 2 fully saturated rings. The molecule has 0 spiro atoms. The lowest BCUT2D eigenvalue weighted by molar-refractivity contribution is -0.126. The molecule has 3 unspecified atom stereocenters. The lowest BCUT2D eigenvalue weighted by atomic mass is 9.89. The minimum Gasteiger partial charge on any atom is -0.298 e. The van der Waals surface area contributed by atoms with Gasteiger partial charge in [-0.1, -0.05) is 19.8 Å². The first kappa shape index (κ1) is 12.1. The van der Waals surface area contributed by atoms with Crippen molar-refractivity contribution >= 4 is 5.78 Å². The van der Waals surface area contributed by atoms with Crippen LogP contribution in [0.25, 0.3) is 0 Å². The van der Waals surface area contributed by atoms with E-state index in [9.17, 15) is 4.79 Å². The lowest BCUT2D eigenvalue weighted by Gasteiger charge is -2.42. The number of carbonyl (C=O) groups excluding carboxylic acids is 1. The predicted molar refractivity (Wildman–Crippen MR) is 66.4 cm³/mol. The summed E-state index contributed by atoms with van der Waals surface area (Å²) in [7, 11) is 0. The molecule has 1 aliphatic carbocycles. The van der Waals surface area contributed by atoms with E-state index in [0.717, 1.165) is 31.7 Å². The van der Waals surface area contributed by atoms with Gasteiger partial charge in [-0.05, 0) is 45.1 Å². The van der Waals surface area contributed by atoms with Crippen LogP contribution in [-0.4, -0.2) is 29.3 Å². The molecule has 0 aromatic heterocycles. The third kappa shape index (κ3) is 2.48. The van der Waals surface area contributed by atoms with E-state index in [1.807, 2.05) is 0 Å². The van der Waals surface area contributed by atoms with Gasteiger partial charge in [-0.15, -0.1) is 0 Å². The normalized spacial score (nSPS) is 38.4. The first-order valence-electron chi connectivity index (χ1n) is 6.98. The number of likely N-dealkylation sites (tertiary alicyclic amines) is 1. The van der Waals surface area contributed by atoms with Gasteiger partial charge in [0.05, 0.1) is 6.04 Å². The summed E-state index contributed by atoms with van der Waals surface area (Å²) < 4.78 is 0. The minimum absolute atomic E-state index is 0.250. The topological polar surface area (TPSA) is 20.3 Å². The van der Waals surface area contributed by atoms with Gasteiger partial charge in [0.25, 0.3) is 0 Å². The number of hydrogen-bond acceptors (Lipinski definition) is 2. The van der Waals surface area contributed by atoms with Crippen LogP contribution < -0.4 is 0 Å². The maximum absolute atomic E-state index is 12.1. The van der Waals surface area contributed by atoms with Crippen LogP contribution in [0.3, 0.4) is 0 Å². The number of Topliss-reactive ketones (excluding diaryl/α,β-unsaturated/α-hetero) is 1. The van der Waals surface area contributed by atoms with Gasteiger partial charge in [0, 0.05) is 12.5 Å². The number of nitrogens with zero attached hydrogens (tertiary/aromatic N) is 1. The molecule has 0 amide bonds. The van der Waals surface area contributed by atoms with Gasteiger partial charge in [-0.2, -0.15) is 0 Å². The quantitative estimate of drug-likeness (QED) is 0.637. The van der Waals surface area contributed by atoms with Crippen molar-refractivity contribution in [1.82, 2.24) is 4.90 Å². The largest absolute Gasteiger partial charge is 0.298 e. The summed E-state index contributed by atoms with van der Waals surface area (Å²) in [5, 5.41) is 0. The molecule has 0 radical (unpaired) electrons. The van der Waals surface area contributed by atoms with E-state index < -0.39 is 0 Å². The highest BCUT2D eigenvalue weighted by atomic mass is 16.1. The molecule has 92 valence electrons. The molecule has 2 aliphatic rings. The molecule has 0 bridgehead atoms. The van der Waals surface area contributed by atoms with Crippen molar-refractivity contribution < 1.29 is 4.79 Å². The third-order valence-electron chi connectivity index (χ3n) is 4.60. The van der Waals surface area contributed by atoms with Crippen LogP contribution in [0.2, 0.25) is 0 Å². The SMILES string of the molecule is CC1CCCN(C2CCCCCC2=O)C1C. The molecule has 3 atom stereocenters. The van der Waals surface area contributed by atoms with Crippen molar-refractivity contribution in [1.29, 1.82) is 0 Å². The zero-order valence-electron chi connectivity index (χ0n) is 10.7. The maximum atomic E-state index is 12.1. The molecular formula is C14H25NO. The molecule has 0 aromatic rings. The van der Waals surface area contributed by atoms with Gasteiger partial charge in [-0.3, -0.25) is 9.69 Å². The second kappa shape index (κ2) is 5.31. The fourth-order valence-electron chi connectivity index (χ4n) is 3.30. The molecule has 1 saturated heterocycles. The second-order valence-corrected chi connectivity index (χ2v) is 5.68. The Morgan fingerprint density at radius 1 is 1.06 bits per heavy atom. The summed E-state index contributed by atoms with van der Waals surface area (Å²) in [4.78, 5) is 14.6. The van der Waals surface area contributed by atoms with Crippen molar-refractivity contribution in [2.24, 2.45) is 5.92 Å². The zero-order valence-corrected chi connectivity index (χ0v) is 10.7. The highest BCUT2D eigenvalue weighted by Gasteiger charge is 2.34. The Morgan fingerprint density at radius 2 is 1.88 bits per heavy atom. The van der Waals surface area contributed by atoms with Crippen LogP contribution in [0.1, 0.15) is 58.8 Å². The summed E-state index contributed by atoms with van der Waals surface area (Å²) in [5.74, 6) is 1.27. The van der Waals surface area contributed by atoms with E-state index in [2.05, 4.69) is 18.7 Å². The van der Waals surface area contributed by atoms with Crippen LogP contribution in [0.4, 0.5) is 0 Å². The van der Waals surface area contributed by atoms with Crippen molar-refractivity contribution in [2.75, 3.05) is 6.54 Å². The molecule has 2 rings (SSSR count). The second-order valence-electron chi connectivity index (χ2n) is 5.68. The van der Waals surface area contributed by atoms with E-state index in [0.29, 0.717) is 11.8 Å². The van der Waals surface area contributed by atoms with Gasteiger partial charge >= 0.3 is 0 Å². The first-order chi connectivity index (χ1) is 7.70. The summed E-state index contributed by atoms with van der Waals surface area (Å²) in [6, 6.07) is 0.848. The molecule has 1 saturated carbocycles. The molecular weight excluding hydrogens is 198 g/mol. The minimum atomic E-state index is 0.250. The fraction of sp³-hybridized carbons (Fsp3) is 0.929. The molecule has 2 nitrogen and oxygen atoms in total. The van der Waals surface area contributed by atoms with E-state index in [1.165, 1.54) is 25.7 Å². The molecule has 2 heteroatoms. The van der Waals surface area contributed by atoms with Crippen LogP contribution in [0.5, 0.6) is 0 Å².